The van der Waals surface area contributed by atoms with Gasteiger partial charge < -0.3 is 15.2 Å². The zero-order valence-corrected chi connectivity index (χ0v) is 12.6. The second-order valence-corrected chi connectivity index (χ2v) is 6.10. The zero-order chi connectivity index (χ0) is 14.8. The molecule has 3 rings (SSSR count). The van der Waals surface area contributed by atoms with Crippen LogP contribution < -0.4 is 10.5 Å². The summed E-state index contributed by atoms with van der Waals surface area (Å²) in [5.41, 5.74) is 7.81. The number of anilines is 1. The van der Waals surface area contributed by atoms with Crippen LogP contribution in [0.1, 0.15) is 11.1 Å². The summed E-state index contributed by atoms with van der Waals surface area (Å²) in [5.74, 6) is 1.03. The number of ether oxygens (including phenoxy) is 2. The van der Waals surface area contributed by atoms with Crippen molar-refractivity contribution in [2.45, 2.75) is 17.3 Å². The monoisotopic (exact) mass is 325 g/mol. The van der Waals surface area contributed by atoms with Crippen LogP contribution in [0.2, 0.25) is 5.02 Å². The summed E-state index contributed by atoms with van der Waals surface area (Å²) in [4.78, 5) is 0.546. The van der Waals surface area contributed by atoms with Crippen molar-refractivity contribution in [3.05, 3.63) is 52.3 Å². The van der Waals surface area contributed by atoms with E-state index in [1.807, 2.05) is 12.1 Å². The van der Waals surface area contributed by atoms with Gasteiger partial charge in [-0.1, -0.05) is 11.6 Å². The van der Waals surface area contributed by atoms with Gasteiger partial charge in [-0.15, -0.1) is 11.8 Å². The molecular weight excluding hydrogens is 313 g/mol. The van der Waals surface area contributed by atoms with Gasteiger partial charge in [-0.05, 0) is 30.3 Å². The van der Waals surface area contributed by atoms with Crippen LogP contribution in [0.4, 0.5) is 10.1 Å². The lowest BCUT2D eigenvalue weighted by Gasteiger charge is -2.21. The molecule has 0 bridgehead atoms. The Morgan fingerprint density at radius 3 is 2.95 bits per heavy atom. The highest BCUT2D eigenvalue weighted by Crippen LogP contribution is 2.36. The Morgan fingerprint density at radius 1 is 1.29 bits per heavy atom. The van der Waals surface area contributed by atoms with E-state index in [-0.39, 0.29) is 12.6 Å². The van der Waals surface area contributed by atoms with Crippen LogP contribution in [0.5, 0.6) is 5.75 Å². The predicted molar refractivity (Wildman–Crippen MR) is 82.1 cm³/mol. The van der Waals surface area contributed by atoms with Crippen molar-refractivity contribution in [3.63, 3.8) is 0 Å². The van der Waals surface area contributed by atoms with E-state index in [2.05, 4.69) is 0 Å². The lowest BCUT2D eigenvalue weighted by atomic mass is 10.1. The Morgan fingerprint density at radius 2 is 2.14 bits per heavy atom. The minimum Gasteiger partial charge on any atom is -0.467 e. The molecule has 0 aliphatic carbocycles. The van der Waals surface area contributed by atoms with Gasteiger partial charge in [0.05, 0.1) is 6.61 Å². The maximum absolute atomic E-state index is 13.8. The molecule has 0 radical (unpaired) electrons. The highest BCUT2D eigenvalue weighted by molar-refractivity contribution is 7.98. The van der Waals surface area contributed by atoms with Gasteiger partial charge in [0.25, 0.3) is 0 Å². The largest absolute Gasteiger partial charge is 0.467 e. The first-order valence-electron chi connectivity index (χ1n) is 6.33. The first-order valence-corrected chi connectivity index (χ1v) is 7.69. The van der Waals surface area contributed by atoms with Crippen molar-refractivity contribution in [2.75, 3.05) is 12.5 Å². The van der Waals surface area contributed by atoms with Crippen LogP contribution >= 0.6 is 23.4 Å². The second kappa shape index (κ2) is 6.13. The maximum atomic E-state index is 13.8. The van der Waals surface area contributed by atoms with Gasteiger partial charge in [-0.2, -0.15) is 0 Å². The van der Waals surface area contributed by atoms with Crippen molar-refractivity contribution in [3.8, 4) is 5.75 Å². The molecule has 1 aliphatic heterocycles. The Balaban J connectivity index is 1.83. The summed E-state index contributed by atoms with van der Waals surface area (Å²) < 4.78 is 24.6. The van der Waals surface area contributed by atoms with Crippen LogP contribution in [-0.4, -0.2) is 6.79 Å². The molecule has 1 aliphatic rings. The highest BCUT2D eigenvalue weighted by atomic mass is 35.5. The number of benzene rings is 2. The van der Waals surface area contributed by atoms with Crippen molar-refractivity contribution in [1.82, 2.24) is 0 Å². The summed E-state index contributed by atoms with van der Waals surface area (Å²) in [5, 5.41) is 0.622. The highest BCUT2D eigenvalue weighted by Gasteiger charge is 2.17. The minimum absolute atomic E-state index is 0.225. The SMILES string of the molecule is Nc1ccc(SCc2cc(Cl)cc3c2OCOC3)c(F)c1. The average molecular weight is 326 g/mol. The van der Waals surface area contributed by atoms with Gasteiger partial charge in [-0.3, -0.25) is 0 Å². The number of nitrogens with two attached hydrogens (primary N) is 1. The molecule has 2 N–H and O–H groups in total. The van der Waals surface area contributed by atoms with Crippen LogP contribution in [0.15, 0.2) is 35.2 Å². The number of fused-ring (bicyclic) bond motifs is 1. The molecule has 0 spiro atoms. The van der Waals surface area contributed by atoms with Crippen molar-refractivity contribution in [1.29, 1.82) is 0 Å². The fourth-order valence-corrected chi connectivity index (χ4v) is 3.30. The van der Waals surface area contributed by atoms with E-state index < -0.39 is 0 Å². The summed E-state index contributed by atoms with van der Waals surface area (Å²) in [6.45, 7) is 0.701. The van der Waals surface area contributed by atoms with E-state index in [1.165, 1.54) is 17.8 Å². The normalized spacial score (nSPS) is 13.6. The molecule has 1 heterocycles. The van der Waals surface area contributed by atoms with Crippen molar-refractivity contribution >= 4 is 29.1 Å². The fourth-order valence-electron chi connectivity index (χ4n) is 2.15. The summed E-state index contributed by atoms with van der Waals surface area (Å²) in [6.07, 6.45) is 0. The molecule has 21 heavy (non-hydrogen) atoms. The summed E-state index contributed by atoms with van der Waals surface area (Å²) in [6, 6.07) is 8.35. The quantitative estimate of drug-likeness (QED) is 0.678. The molecule has 0 saturated carbocycles. The van der Waals surface area contributed by atoms with Gasteiger partial charge in [-0.25, -0.2) is 4.39 Å². The number of rotatable bonds is 3. The Kier molecular flexibility index (Phi) is 4.24. The first-order chi connectivity index (χ1) is 10.1. The third kappa shape index (κ3) is 3.26. The van der Waals surface area contributed by atoms with Crippen LogP contribution in [0.3, 0.4) is 0 Å². The lowest BCUT2D eigenvalue weighted by Crippen LogP contribution is -2.12. The Hall–Kier alpha value is -1.43. The van der Waals surface area contributed by atoms with E-state index in [0.717, 1.165) is 16.9 Å². The minimum atomic E-state index is -0.319. The Labute approximate surface area is 131 Å². The number of thioether (sulfide) groups is 1. The molecule has 0 fully saturated rings. The Bertz CT molecular complexity index is 681. The summed E-state index contributed by atoms with van der Waals surface area (Å²) in [7, 11) is 0. The van der Waals surface area contributed by atoms with Crippen LogP contribution in [0.25, 0.3) is 0 Å². The second-order valence-electron chi connectivity index (χ2n) is 4.64. The zero-order valence-electron chi connectivity index (χ0n) is 11.1. The maximum Gasteiger partial charge on any atom is 0.189 e. The van der Waals surface area contributed by atoms with Crippen molar-refractivity contribution in [2.24, 2.45) is 0 Å². The van der Waals surface area contributed by atoms with Crippen LogP contribution in [-0.2, 0) is 17.1 Å². The average Bonchev–Trinajstić information content (AvgIpc) is 2.46. The smallest absolute Gasteiger partial charge is 0.189 e. The van der Waals surface area contributed by atoms with E-state index in [9.17, 15) is 4.39 Å². The molecule has 0 amide bonds. The number of nitrogen functional groups attached to an aromatic ring is 1. The molecular formula is C15H13ClFNO2S. The van der Waals surface area contributed by atoms with E-state index in [1.54, 1.807) is 12.1 Å². The van der Waals surface area contributed by atoms with Gasteiger partial charge in [0.15, 0.2) is 6.79 Å². The molecule has 0 saturated heterocycles. The third-order valence-corrected chi connectivity index (χ3v) is 4.41. The topological polar surface area (TPSA) is 44.5 Å². The van der Waals surface area contributed by atoms with E-state index in [0.29, 0.717) is 28.0 Å². The molecule has 0 aromatic heterocycles. The van der Waals surface area contributed by atoms with Crippen LogP contribution in [0, 0.1) is 5.82 Å². The van der Waals surface area contributed by atoms with Gasteiger partial charge >= 0.3 is 0 Å². The molecule has 2 aromatic rings. The first kappa shape index (κ1) is 14.5. The predicted octanol–water partition coefficient (Wildman–Crippen LogP) is 4.22. The number of halogens is 2. The van der Waals surface area contributed by atoms with E-state index >= 15 is 0 Å². The lowest BCUT2D eigenvalue weighted by molar-refractivity contribution is -0.0168. The standard InChI is InChI=1S/C15H13ClFNO2S/c16-11-3-9-6-19-8-20-15(9)10(4-11)7-21-14-2-1-12(18)5-13(14)17/h1-5H,6-8,18H2. The molecule has 2 aromatic carbocycles. The molecule has 0 atom stereocenters. The molecule has 3 nitrogen and oxygen atoms in total. The molecule has 0 unspecified atom stereocenters. The molecule has 6 heteroatoms. The molecule has 110 valence electrons. The van der Waals surface area contributed by atoms with E-state index in [4.69, 9.17) is 26.8 Å². The number of hydrogen-bond acceptors (Lipinski definition) is 4. The third-order valence-electron chi connectivity index (χ3n) is 3.09. The van der Waals surface area contributed by atoms with Crippen molar-refractivity contribution < 1.29 is 13.9 Å². The number of hydrogen-bond donors (Lipinski definition) is 1. The van der Waals surface area contributed by atoms with Gasteiger partial charge in [0.2, 0.25) is 0 Å². The summed E-state index contributed by atoms with van der Waals surface area (Å²) >= 11 is 7.48. The van der Waals surface area contributed by atoms with Gasteiger partial charge in [0.1, 0.15) is 11.6 Å². The fraction of sp³-hybridized carbons (Fsp3) is 0.200. The van der Waals surface area contributed by atoms with Gasteiger partial charge in [0, 0.05) is 32.5 Å².